The number of nitrogens with one attached hydrogen (secondary N) is 1. The molecule has 0 atom stereocenters. The van der Waals surface area contributed by atoms with Crippen LogP contribution < -0.4 is 10.2 Å². The third kappa shape index (κ3) is 4.43. The molecule has 0 spiro atoms. The van der Waals surface area contributed by atoms with E-state index in [-0.39, 0.29) is 12.3 Å². The molecule has 0 saturated carbocycles. The van der Waals surface area contributed by atoms with Gasteiger partial charge in [-0.15, -0.1) is 11.3 Å². The Morgan fingerprint density at radius 1 is 1.16 bits per heavy atom. The van der Waals surface area contributed by atoms with Gasteiger partial charge in [0.25, 0.3) is 0 Å². The Balaban J connectivity index is 1.16. The van der Waals surface area contributed by atoms with Gasteiger partial charge < -0.3 is 14.6 Å². The number of carbonyl (C=O) groups excluding carboxylic acids is 1. The Hall–Kier alpha value is -3.45. The third-order valence-corrected chi connectivity index (χ3v) is 6.56. The molecular weight excluding hydrogens is 420 g/mol. The van der Waals surface area contributed by atoms with Gasteiger partial charge in [0, 0.05) is 25.8 Å². The van der Waals surface area contributed by atoms with Gasteiger partial charge in [-0.25, -0.2) is 9.97 Å². The first-order valence-corrected chi connectivity index (χ1v) is 11.6. The summed E-state index contributed by atoms with van der Waals surface area (Å²) in [6, 6.07) is 16.5. The van der Waals surface area contributed by atoms with Gasteiger partial charge in [-0.2, -0.15) is 0 Å². The lowest BCUT2D eigenvalue weighted by Crippen LogP contribution is -2.31. The predicted molar refractivity (Wildman–Crippen MR) is 126 cm³/mol. The van der Waals surface area contributed by atoms with E-state index in [0.717, 1.165) is 35.8 Å². The van der Waals surface area contributed by atoms with Crippen molar-refractivity contribution in [2.45, 2.75) is 32.9 Å². The van der Waals surface area contributed by atoms with E-state index in [1.807, 2.05) is 42.8 Å². The number of oxazole rings is 1. The Kier molecular flexibility index (Phi) is 5.73. The van der Waals surface area contributed by atoms with E-state index < -0.39 is 0 Å². The molecule has 162 valence electrons. The fourth-order valence-electron chi connectivity index (χ4n) is 3.91. The number of thiophene rings is 1. The minimum absolute atomic E-state index is 0.0872. The number of nitrogens with zero attached hydrogens (tertiary/aromatic N) is 3. The van der Waals surface area contributed by atoms with E-state index >= 15 is 0 Å². The number of rotatable bonds is 6. The van der Waals surface area contributed by atoms with Crippen LogP contribution in [0.1, 0.15) is 28.1 Å². The van der Waals surface area contributed by atoms with Crippen LogP contribution in [-0.4, -0.2) is 22.4 Å². The number of carbonyl (C=O) groups is 1. The lowest BCUT2D eigenvalue weighted by Gasteiger charge is -2.29. The molecule has 1 aromatic carbocycles. The zero-order chi connectivity index (χ0) is 21.9. The number of pyridine rings is 1. The Labute approximate surface area is 190 Å². The van der Waals surface area contributed by atoms with Crippen molar-refractivity contribution in [2.75, 3.05) is 11.4 Å². The van der Waals surface area contributed by atoms with Crippen molar-refractivity contribution in [3.05, 3.63) is 88.3 Å². The maximum absolute atomic E-state index is 12.4. The largest absolute Gasteiger partial charge is 0.440 e. The number of hydrogen-bond donors (Lipinski definition) is 1. The van der Waals surface area contributed by atoms with Gasteiger partial charge >= 0.3 is 0 Å². The van der Waals surface area contributed by atoms with Crippen LogP contribution >= 0.6 is 11.3 Å². The highest BCUT2D eigenvalue weighted by molar-refractivity contribution is 7.13. The normalized spacial score (nSPS) is 13.1. The third-order valence-electron chi connectivity index (χ3n) is 5.71. The van der Waals surface area contributed by atoms with Crippen LogP contribution in [0.5, 0.6) is 0 Å². The summed E-state index contributed by atoms with van der Waals surface area (Å²) in [5.41, 5.74) is 4.43. The minimum Gasteiger partial charge on any atom is -0.440 e. The van der Waals surface area contributed by atoms with E-state index in [1.165, 1.54) is 11.1 Å². The highest BCUT2D eigenvalue weighted by Crippen LogP contribution is 2.26. The molecule has 0 radical (unpaired) electrons. The van der Waals surface area contributed by atoms with Crippen LogP contribution in [0.2, 0.25) is 0 Å². The molecule has 5 rings (SSSR count). The standard InChI is InChI=1S/C25H24N4O2S/c1-17-21(28-25(31-17)22-7-4-12-32-22)13-24(30)27-15-18-8-9-23(26-14-18)29-11-10-19-5-2-3-6-20(19)16-29/h2-9,12,14H,10-11,13,15-16H2,1H3,(H,27,30). The van der Waals surface area contributed by atoms with Crippen LogP contribution in [0, 0.1) is 6.92 Å². The predicted octanol–water partition coefficient (Wildman–Crippen LogP) is 4.53. The zero-order valence-electron chi connectivity index (χ0n) is 17.9. The SMILES string of the molecule is Cc1oc(-c2cccs2)nc1CC(=O)NCc1ccc(N2CCc3ccccc3C2)nc1. The number of aryl methyl sites for hydroxylation is 1. The molecule has 1 N–H and O–H groups in total. The van der Waals surface area contributed by atoms with Gasteiger partial charge in [-0.3, -0.25) is 4.79 Å². The summed E-state index contributed by atoms with van der Waals surface area (Å²) in [7, 11) is 0. The summed E-state index contributed by atoms with van der Waals surface area (Å²) in [6.07, 6.45) is 3.07. The number of hydrogen-bond acceptors (Lipinski definition) is 6. The topological polar surface area (TPSA) is 71.3 Å². The summed E-state index contributed by atoms with van der Waals surface area (Å²) < 4.78 is 5.72. The lowest BCUT2D eigenvalue weighted by atomic mass is 10.00. The fourth-order valence-corrected chi connectivity index (χ4v) is 4.56. The van der Waals surface area contributed by atoms with Crippen molar-refractivity contribution in [3.8, 4) is 10.8 Å². The molecule has 0 saturated heterocycles. The van der Waals surface area contributed by atoms with Gasteiger partial charge in [-0.1, -0.05) is 36.4 Å². The first kappa shape index (κ1) is 20.5. The van der Waals surface area contributed by atoms with Crippen molar-refractivity contribution in [1.82, 2.24) is 15.3 Å². The smallest absolute Gasteiger partial charge is 0.236 e. The first-order chi connectivity index (χ1) is 15.7. The minimum atomic E-state index is -0.0872. The van der Waals surface area contributed by atoms with Gasteiger partial charge in [0.1, 0.15) is 11.6 Å². The average molecular weight is 445 g/mol. The van der Waals surface area contributed by atoms with Crippen molar-refractivity contribution >= 4 is 23.1 Å². The molecule has 0 unspecified atom stereocenters. The van der Waals surface area contributed by atoms with E-state index in [2.05, 4.69) is 44.5 Å². The maximum atomic E-state index is 12.4. The maximum Gasteiger partial charge on any atom is 0.236 e. The molecule has 4 aromatic rings. The Bertz CT molecular complexity index is 1220. The van der Waals surface area contributed by atoms with Gasteiger partial charge in [0.05, 0.1) is 17.0 Å². The quantitative estimate of drug-likeness (QED) is 0.473. The number of anilines is 1. The van der Waals surface area contributed by atoms with Crippen molar-refractivity contribution in [1.29, 1.82) is 0 Å². The Morgan fingerprint density at radius 2 is 2.03 bits per heavy atom. The molecule has 32 heavy (non-hydrogen) atoms. The van der Waals surface area contributed by atoms with E-state index in [9.17, 15) is 4.79 Å². The molecule has 1 aliphatic rings. The summed E-state index contributed by atoms with van der Waals surface area (Å²) in [6.45, 7) is 4.12. The number of benzene rings is 1. The van der Waals surface area contributed by atoms with Gasteiger partial charge in [0.2, 0.25) is 11.8 Å². The number of amides is 1. The number of aromatic nitrogens is 2. The molecule has 7 heteroatoms. The van der Waals surface area contributed by atoms with Crippen molar-refractivity contribution < 1.29 is 9.21 Å². The van der Waals surface area contributed by atoms with Gasteiger partial charge in [0.15, 0.2) is 0 Å². The molecule has 0 fully saturated rings. The van der Waals surface area contributed by atoms with Crippen LogP contribution in [0.3, 0.4) is 0 Å². The summed E-state index contributed by atoms with van der Waals surface area (Å²) in [4.78, 5) is 24.8. The lowest BCUT2D eigenvalue weighted by molar-refractivity contribution is -0.120. The van der Waals surface area contributed by atoms with Crippen LogP contribution in [0.25, 0.3) is 10.8 Å². The summed E-state index contributed by atoms with van der Waals surface area (Å²) in [5, 5.41) is 4.94. The first-order valence-electron chi connectivity index (χ1n) is 10.7. The summed E-state index contributed by atoms with van der Waals surface area (Å²) in [5.74, 6) is 2.13. The van der Waals surface area contributed by atoms with E-state index in [1.54, 1.807) is 11.3 Å². The van der Waals surface area contributed by atoms with Gasteiger partial charge in [-0.05, 0) is 47.5 Å². The van der Waals surface area contributed by atoms with Crippen LogP contribution in [0.4, 0.5) is 5.82 Å². The molecule has 4 heterocycles. The molecule has 1 amide bonds. The highest BCUT2D eigenvalue weighted by atomic mass is 32.1. The van der Waals surface area contributed by atoms with Crippen LogP contribution in [-0.2, 0) is 30.7 Å². The zero-order valence-corrected chi connectivity index (χ0v) is 18.7. The average Bonchev–Trinajstić information content (AvgIpc) is 3.48. The second kappa shape index (κ2) is 8.96. The Morgan fingerprint density at radius 3 is 2.81 bits per heavy atom. The summed E-state index contributed by atoms with van der Waals surface area (Å²) >= 11 is 1.57. The molecular formula is C25H24N4O2S. The van der Waals surface area contributed by atoms with Crippen molar-refractivity contribution in [2.24, 2.45) is 0 Å². The highest BCUT2D eigenvalue weighted by Gasteiger charge is 2.17. The molecule has 3 aromatic heterocycles. The van der Waals surface area contributed by atoms with E-state index in [4.69, 9.17) is 4.42 Å². The fraction of sp³-hybridized carbons (Fsp3) is 0.240. The molecule has 1 aliphatic heterocycles. The van der Waals surface area contributed by atoms with Crippen molar-refractivity contribution in [3.63, 3.8) is 0 Å². The van der Waals surface area contributed by atoms with E-state index in [0.29, 0.717) is 23.9 Å². The second-order valence-electron chi connectivity index (χ2n) is 7.92. The second-order valence-corrected chi connectivity index (χ2v) is 8.87. The molecule has 6 nitrogen and oxygen atoms in total. The monoisotopic (exact) mass is 444 g/mol. The number of fused-ring (bicyclic) bond motifs is 1. The molecule has 0 bridgehead atoms. The van der Waals surface area contributed by atoms with Crippen LogP contribution in [0.15, 0.2) is 64.5 Å². The molecule has 0 aliphatic carbocycles.